The molecule has 0 spiro atoms. The normalized spacial score (nSPS) is 11.9. The van der Waals surface area contributed by atoms with Gasteiger partial charge in [0.15, 0.2) is 0 Å². The second-order valence-corrected chi connectivity index (χ2v) is 4.45. The SMILES string of the molecule is C/C=C/OCc1ccc(OC(F)(F)F)cc1NC(C)C. The lowest BCUT2D eigenvalue weighted by atomic mass is 10.1. The van der Waals surface area contributed by atoms with Gasteiger partial charge in [-0.25, -0.2) is 0 Å². The number of ether oxygens (including phenoxy) is 2. The molecule has 3 nitrogen and oxygen atoms in total. The minimum absolute atomic E-state index is 0.0802. The van der Waals surface area contributed by atoms with E-state index < -0.39 is 6.36 Å². The summed E-state index contributed by atoms with van der Waals surface area (Å²) in [6, 6.07) is 4.22. The summed E-state index contributed by atoms with van der Waals surface area (Å²) in [7, 11) is 0. The highest BCUT2D eigenvalue weighted by molar-refractivity contribution is 5.55. The van der Waals surface area contributed by atoms with Crippen molar-refractivity contribution < 1.29 is 22.6 Å². The highest BCUT2D eigenvalue weighted by Crippen LogP contribution is 2.28. The van der Waals surface area contributed by atoms with Gasteiger partial charge in [0.05, 0.1) is 6.26 Å². The first-order valence-electron chi connectivity index (χ1n) is 6.20. The molecule has 112 valence electrons. The van der Waals surface area contributed by atoms with E-state index in [9.17, 15) is 13.2 Å². The average molecular weight is 289 g/mol. The monoisotopic (exact) mass is 289 g/mol. The molecule has 0 amide bonds. The summed E-state index contributed by atoms with van der Waals surface area (Å²) in [6.07, 6.45) is -1.44. The molecule has 1 rings (SSSR count). The lowest BCUT2D eigenvalue weighted by molar-refractivity contribution is -0.274. The Morgan fingerprint density at radius 2 is 2.00 bits per heavy atom. The zero-order valence-corrected chi connectivity index (χ0v) is 11.6. The van der Waals surface area contributed by atoms with Gasteiger partial charge >= 0.3 is 6.36 Å². The van der Waals surface area contributed by atoms with Crippen molar-refractivity contribution in [2.45, 2.75) is 39.8 Å². The smallest absolute Gasteiger partial charge is 0.497 e. The first-order chi connectivity index (χ1) is 9.31. The van der Waals surface area contributed by atoms with E-state index >= 15 is 0 Å². The second kappa shape index (κ2) is 7.07. The Bertz CT molecular complexity index is 456. The standard InChI is InChI=1S/C14H18F3NO2/c1-4-7-19-9-11-5-6-12(20-14(15,16)17)8-13(11)18-10(2)3/h4-8,10,18H,9H2,1-3H3/b7-4+. The Morgan fingerprint density at radius 1 is 1.30 bits per heavy atom. The highest BCUT2D eigenvalue weighted by atomic mass is 19.4. The highest BCUT2D eigenvalue weighted by Gasteiger charge is 2.31. The van der Waals surface area contributed by atoms with Gasteiger partial charge in [-0.3, -0.25) is 0 Å². The molecule has 0 heterocycles. The van der Waals surface area contributed by atoms with Crippen molar-refractivity contribution in [3.8, 4) is 5.75 Å². The molecule has 0 aliphatic carbocycles. The maximum atomic E-state index is 12.2. The zero-order chi connectivity index (χ0) is 15.2. The average Bonchev–Trinajstić information content (AvgIpc) is 2.29. The quantitative estimate of drug-likeness (QED) is 0.784. The fourth-order valence-electron chi connectivity index (χ4n) is 1.56. The van der Waals surface area contributed by atoms with Crippen LogP contribution in [0.25, 0.3) is 0 Å². The van der Waals surface area contributed by atoms with Gasteiger partial charge in [0, 0.05) is 23.4 Å². The number of hydrogen-bond donors (Lipinski definition) is 1. The van der Waals surface area contributed by atoms with E-state index in [1.165, 1.54) is 18.4 Å². The number of hydrogen-bond acceptors (Lipinski definition) is 3. The van der Waals surface area contributed by atoms with Crippen molar-refractivity contribution in [3.05, 3.63) is 36.1 Å². The predicted molar refractivity (Wildman–Crippen MR) is 71.5 cm³/mol. The summed E-state index contributed by atoms with van der Waals surface area (Å²) in [5.41, 5.74) is 1.32. The molecule has 0 bridgehead atoms. The molecule has 6 heteroatoms. The van der Waals surface area contributed by atoms with Crippen molar-refractivity contribution in [2.75, 3.05) is 5.32 Å². The number of halogens is 3. The van der Waals surface area contributed by atoms with E-state index in [4.69, 9.17) is 4.74 Å². The molecular weight excluding hydrogens is 271 g/mol. The van der Waals surface area contributed by atoms with Gasteiger partial charge in [0.25, 0.3) is 0 Å². The minimum atomic E-state index is -4.70. The van der Waals surface area contributed by atoms with Crippen LogP contribution in [0.4, 0.5) is 18.9 Å². The van der Waals surface area contributed by atoms with Crippen LogP contribution in [-0.2, 0) is 11.3 Å². The van der Waals surface area contributed by atoms with Crippen molar-refractivity contribution in [1.82, 2.24) is 0 Å². The van der Waals surface area contributed by atoms with E-state index in [1.807, 2.05) is 20.8 Å². The van der Waals surface area contributed by atoms with Crippen LogP contribution in [0.3, 0.4) is 0 Å². The fraction of sp³-hybridized carbons (Fsp3) is 0.429. The summed E-state index contributed by atoms with van der Waals surface area (Å²) in [5, 5.41) is 3.07. The third kappa shape index (κ3) is 5.86. The molecule has 0 fully saturated rings. The Labute approximate surface area is 116 Å². The number of alkyl halides is 3. The van der Waals surface area contributed by atoms with Gasteiger partial charge in [-0.1, -0.05) is 6.08 Å². The topological polar surface area (TPSA) is 30.5 Å². The van der Waals surface area contributed by atoms with E-state index in [-0.39, 0.29) is 18.4 Å². The Morgan fingerprint density at radius 3 is 2.55 bits per heavy atom. The van der Waals surface area contributed by atoms with Crippen LogP contribution in [0.2, 0.25) is 0 Å². The summed E-state index contributed by atoms with van der Waals surface area (Å²) in [4.78, 5) is 0. The lowest BCUT2D eigenvalue weighted by Crippen LogP contribution is -2.18. The Kier molecular flexibility index (Phi) is 5.73. The van der Waals surface area contributed by atoms with Gasteiger partial charge in [-0.05, 0) is 32.9 Å². The first kappa shape index (κ1) is 16.2. The van der Waals surface area contributed by atoms with Crippen LogP contribution >= 0.6 is 0 Å². The molecule has 0 radical (unpaired) electrons. The largest absolute Gasteiger partial charge is 0.573 e. The van der Waals surface area contributed by atoms with Gasteiger partial charge in [-0.15, -0.1) is 13.2 Å². The first-order valence-corrected chi connectivity index (χ1v) is 6.20. The third-order valence-electron chi connectivity index (χ3n) is 2.23. The number of benzene rings is 1. The van der Waals surface area contributed by atoms with Crippen molar-refractivity contribution >= 4 is 5.69 Å². The van der Waals surface area contributed by atoms with E-state index in [1.54, 1.807) is 12.1 Å². The van der Waals surface area contributed by atoms with Crippen LogP contribution in [0.5, 0.6) is 5.75 Å². The molecule has 1 N–H and O–H groups in total. The molecule has 0 aliphatic heterocycles. The third-order valence-corrected chi connectivity index (χ3v) is 2.23. The maximum Gasteiger partial charge on any atom is 0.573 e. The van der Waals surface area contributed by atoms with Gasteiger partial charge in [-0.2, -0.15) is 0 Å². The summed E-state index contributed by atoms with van der Waals surface area (Å²) in [6.45, 7) is 5.88. The van der Waals surface area contributed by atoms with Crippen LogP contribution in [0, 0.1) is 0 Å². The Balaban J connectivity index is 2.93. The molecule has 0 unspecified atom stereocenters. The second-order valence-electron chi connectivity index (χ2n) is 4.45. The summed E-state index contributed by atoms with van der Waals surface area (Å²) in [5.74, 6) is -0.254. The maximum absolute atomic E-state index is 12.2. The number of anilines is 1. The van der Waals surface area contributed by atoms with E-state index in [2.05, 4.69) is 10.1 Å². The van der Waals surface area contributed by atoms with E-state index in [0.29, 0.717) is 5.69 Å². The Hall–Kier alpha value is -1.85. The molecular formula is C14H18F3NO2. The zero-order valence-electron chi connectivity index (χ0n) is 11.6. The molecule has 0 aromatic heterocycles. The summed E-state index contributed by atoms with van der Waals surface area (Å²) < 4.78 is 45.8. The number of nitrogens with one attached hydrogen (secondary N) is 1. The molecule has 1 aromatic carbocycles. The minimum Gasteiger partial charge on any atom is -0.497 e. The number of allylic oxidation sites excluding steroid dienone is 1. The van der Waals surface area contributed by atoms with Gasteiger partial charge < -0.3 is 14.8 Å². The molecule has 0 aliphatic rings. The molecule has 0 saturated carbocycles. The molecule has 0 atom stereocenters. The van der Waals surface area contributed by atoms with Crippen LogP contribution < -0.4 is 10.1 Å². The summed E-state index contributed by atoms with van der Waals surface area (Å²) >= 11 is 0. The molecule has 20 heavy (non-hydrogen) atoms. The van der Waals surface area contributed by atoms with Crippen molar-refractivity contribution in [3.63, 3.8) is 0 Å². The number of rotatable bonds is 6. The molecule has 0 saturated heterocycles. The van der Waals surface area contributed by atoms with Crippen LogP contribution in [-0.4, -0.2) is 12.4 Å². The lowest BCUT2D eigenvalue weighted by Gasteiger charge is -2.17. The van der Waals surface area contributed by atoms with Gasteiger partial charge in [0.1, 0.15) is 12.4 Å². The molecule has 1 aromatic rings. The fourth-order valence-corrected chi connectivity index (χ4v) is 1.56. The van der Waals surface area contributed by atoms with Crippen molar-refractivity contribution in [2.24, 2.45) is 0 Å². The van der Waals surface area contributed by atoms with Gasteiger partial charge in [0.2, 0.25) is 0 Å². The van der Waals surface area contributed by atoms with Crippen LogP contribution in [0.15, 0.2) is 30.5 Å². The predicted octanol–water partition coefficient (Wildman–Crippen LogP) is 4.46. The van der Waals surface area contributed by atoms with E-state index in [0.717, 1.165) is 5.56 Å². The van der Waals surface area contributed by atoms with Crippen molar-refractivity contribution in [1.29, 1.82) is 0 Å². The van der Waals surface area contributed by atoms with Crippen LogP contribution in [0.1, 0.15) is 26.3 Å².